The van der Waals surface area contributed by atoms with E-state index in [9.17, 15) is 13.2 Å². The Bertz CT molecular complexity index is 892. The Morgan fingerprint density at radius 3 is 2.39 bits per heavy atom. The molecular formula is C20H25N3O3S2. The summed E-state index contributed by atoms with van der Waals surface area (Å²) in [4.78, 5) is 17.0. The maximum Gasteiger partial charge on any atom is 0.252 e. The van der Waals surface area contributed by atoms with Crippen molar-refractivity contribution >= 4 is 27.3 Å². The van der Waals surface area contributed by atoms with Crippen LogP contribution in [-0.2, 0) is 21.2 Å². The van der Waals surface area contributed by atoms with Gasteiger partial charge in [0.1, 0.15) is 4.21 Å². The first kappa shape index (κ1) is 19.6. The summed E-state index contributed by atoms with van der Waals surface area (Å²) in [6.45, 7) is 3.61. The van der Waals surface area contributed by atoms with Crippen LogP contribution in [0, 0.1) is 0 Å². The number of sulfonamides is 1. The Hall–Kier alpha value is -1.74. The highest BCUT2D eigenvalue weighted by molar-refractivity contribution is 7.91. The number of rotatable bonds is 6. The van der Waals surface area contributed by atoms with Gasteiger partial charge in [-0.15, -0.1) is 11.3 Å². The first-order valence-electron chi connectivity index (χ1n) is 9.66. The molecule has 1 aromatic heterocycles. The van der Waals surface area contributed by atoms with Gasteiger partial charge in [-0.25, -0.2) is 8.42 Å². The number of carbonyl (C=O) groups excluding carboxylic acids is 1. The maximum atomic E-state index is 12.8. The summed E-state index contributed by atoms with van der Waals surface area (Å²) in [5.74, 6) is 0.186. The lowest BCUT2D eigenvalue weighted by atomic mass is 10.1. The molecule has 1 unspecified atom stereocenters. The normalized spacial score (nSPS) is 22.1. The predicted octanol–water partition coefficient (Wildman–Crippen LogP) is 1.90. The molecule has 1 amide bonds. The average molecular weight is 420 g/mol. The van der Waals surface area contributed by atoms with Gasteiger partial charge in [0.2, 0.25) is 5.91 Å². The predicted molar refractivity (Wildman–Crippen MR) is 110 cm³/mol. The second kappa shape index (κ2) is 8.32. The van der Waals surface area contributed by atoms with E-state index in [0.717, 1.165) is 25.9 Å². The summed E-state index contributed by atoms with van der Waals surface area (Å²) in [5.41, 5.74) is 1.24. The molecule has 3 heterocycles. The number of likely N-dealkylation sites (tertiary alicyclic amines) is 1. The van der Waals surface area contributed by atoms with Crippen molar-refractivity contribution in [3.8, 4) is 0 Å². The molecule has 6 nitrogen and oxygen atoms in total. The zero-order valence-electron chi connectivity index (χ0n) is 15.7. The molecule has 150 valence electrons. The van der Waals surface area contributed by atoms with E-state index in [0.29, 0.717) is 30.4 Å². The Balaban J connectivity index is 1.31. The van der Waals surface area contributed by atoms with Crippen molar-refractivity contribution < 1.29 is 13.2 Å². The van der Waals surface area contributed by atoms with E-state index in [1.54, 1.807) is 21.8 Å². The molecule has 1 aromatic carbocycles. The van der Waals surface area contributed by atoms with Crippen molar-refractivity contribution in [3.63, 3.8) is 0 Å². The number of piperazine rings is 1. The summed E-state index contributed by atoms with van der Waals surface area (Å²) in [7, 11) is -3.40. The fourth-order valence-electron chi connectivity index (χ4n) is 3.99. The van der Waals surface area contributed by atoms with Crippen LogP contribution in [-0.4, -0.2) is 73.7 Å². The monoisotopic (exact) mass is 419 g/mol. The minimum Gasteiger partial charge on any atom is -0.341 e. The fourth-order valence-corrected chi connectivity index (χ4v) is 6.55. The van der Waals surface area contributed by atoms with Crippen molar-refractivity contribution in [2.45, 2.75) is 23.1 Å². The molecule has 0 bridgehead atoms. The molecule has 0 saturated carbocycles. The van der Waals surface area contributed by atoms with Crippen LogP contribution in [0.4, 0.5) is 0 Å². The topological polar surface area (TPSA) is 60.9 Å². The lowest BCUT2D eigenvalue weighted by molar-refractivity contribution is -0.132. The molecule has 28 heavy (non-hydrogen) atoms. The van der Waals surface area contributed by atoms with Crippen LogP contribution < -0.4 is 0 Å². The molecule has 2 fully saturated rings. The number of amides is 1. The third-order valence-corrected chi connectivity index (χ3v) is 8.86. The third-order valence-electron chi connectivity index (χ3n) is 5.59. The number of carbonyl (C=O) groups is 1. The van der Waals surface area contributed by atoms with Crippen LogP contribution in [0.3, 0.4) is 0 Å². The fraction of sp³-hybridized carbons (Fsp3) is 0.450. The van der Waals surface area contributed by atoms with Gasteiger partial charge in [0.15, 0.2) is 0 Å². The molecule has 2 aliphatic rings. The molecule has 1 atom stereocenters. The van der Waals surface area contributed by atoms with Gasteiger partial charge in [0.05, 0.1) is 6.04 Å². The van der Waals surface area contributed by atoms with Crippen molar-refractivity contribution in [1.29, 1.82) is 0 Å². The quantitative estimate of drug-likeness (QED) is 0.718. The molecule has 0 N–H and O–H groups in total. The summed E-state index contributed by atoms with van der Waals surface area (Å²) < 4.78 is 27.2. The number of hydrogen-bond acceptors (Lipinski definition) is 5. The van der Waals surface area contributed by atoms with E-state index in [1.165, 1.54) is 16.9 Å². The van der Waals surface area contributed by atoms with E-state index >= 15 is 0 Å². The van der Waals surface area contributed by atoms with Gasteiger partial charge in [-0.2, -0.15) is 4.31 Å². The first-order valence-corrected chi connectivity index (χ1v) is 12.0. The molecule has 0 spiro atoms. The van der Waals surface area contributed by atoms with Crippen molar-refractivity contribution in [2.24, 2.45) is 0 Å². The van der Waals surface area contributed by atoms with Crippen LogP contribution in [0.2, 0.25) is 0 Å². The second-order valence-electron chi connectivity index (χ2n) is 7.24. The number of hydrogen-bond donors (Lipinski definition) is 0. The van der Waals surface area contributed by atoms with Crippen molar-refractivity contribution in [2.75, 3.05) is 39.3 Å². The lowest BCUT2D eigenvalue weighted by Gasteiger charge is -2.36. The zero-order chi connectivity index (χ0) is 19.6. The van der Waals surface area contributed by atoms with Crippen LogP contribution in [0.5, 0.6) is 0 Å². The van der Waals surface area contributed by atoms with E-state index < -0.39 is 10.0 Å². The lowest BCUT2D eigenvalue weighted by Crippen LogP contribution is -2.53. The van der Waals surface area contributed by atoms with E-state index in [4.69, 9.17) is 0 Å². The van der Waals surface area contributed by atoms with Crippen LogP contribution in [0.1, 0.15) is 12.0 Å². The molecular weight excluding hydrogens is 394 g/mol. The van der Waals surface area contributed by atoms with Gasteiger partial charge in [0, 0.05) is 39.3 Å². The van der Waals surface area contributed by atoms with Crippen molar-refractivity contribution in [3.05, 3.63) is 53.4 Å². The van der Waals surface area contributed by atoms with Gasteiger partial charge in [0.25, 0.3) is 10.0 Å². The van der Waals surface area contributed by atoms with Gasteiger partial charge in [-0.3, -0.25) is 9.69 Å². The largest absolute Gasteiger partial charge is 0.341 e. The van der Waals surface area contributed by atoms with Crippen molar-refractivity contribution in [1.82, 2.24) is 14.1 Å². The highest BCUT2D eigenvalue weighted by Crippen LogP contribution is 2.24. The minimum absolute atomic E-state index is 0.109. The van der Waals surface area contributed by atoms with Gasteiger partial charge in [-0.1, -0.05) is 36.4 Å². The second-order valence-corrected chi connectivity index (χ2v) is 10.3. The Morgan fingerprint density at radius 2 is 1.71 bits per heavy atom. The number of benzene rings is 1. The van der Waals surface area contributed by atoms with Crippen LogP contribution in [0.25, 0.3) is 0 Å². The first-order chi connectivity index (χ1) is 13.6. The van der Waals surface area contributed by atoms with Crippen LogP contribution >= 0.6 is 11.3 Å². The number of nitrogens with zero attached hydrogens (tertiary/aromatic N) is 3. The Morgan fingerprint density at radius 1 is 0.964 bits per heavy atom. The molecule has 4 rings (SSSR count). The van der Waals surface area contributed by atoms with E-state index in [2.05, 4.69) is 17.0 Å². The highest BCUT2D eigenvalue weighted by Gasteiger charge is 2.38. The minimum atomic E-state index is -3.40. The standard InChI is InChI=1S/C20H25N3O3S2/c24-20-18(9-11-22(20)10-8-17-5-2-1-3-6-17)21-12-14-23(15-13-21)28(25,26)19-7-4-16-27-19/h1-7,16,18H,8-15H2. The maximum absolute atomic E-state index is 12.8. The van der Waals surface area contributed by atoms with Gasteiger partial charge < -0.3 is 4.90 Å². The smallest absolute Gasteiger partial charge is 0.252 e. The summed E-state index contributed by atoms with van der Waals surface area (Å²) in [6.07, 6.45) is 1.69. The van der Waals surface area contributed by atoms with E-state index in [1.807, 2.05) is 23.1 Å². The SMILES string of the molecule is O=C1C(N2CCN(S(=O)(=O)c3cccs3)CC2)CCN1CCc1ccccc1. The molecule has 8 heteroatoms. The average Bonchev–Trinajstić information content (AvgIpc) is 3.38. The summed E-state index contributed by atoms with van der Waals surface area (Å²) >= 11 is 1.25. The molecule has 0 radical (unpaired) electrons. The summed E-state index contributed by atoms with van der Waals surface area (Å²) in [6, 6.07) is 13.5. The Kier molecular flexibility index (Phi) is 5.82. The van der Waals surface area contributed by atoms with Crippen LogP contribution in [0.15, 0.2) is 52.1 Å². The van der Waals surface area contributed by atoms with Gasteiger partial charge in [-0.05, 0) is 29.9 Å². The molecule has 0 aliphatic carbocycles. The number of thiophene rings is 1. The summed E-state index contributed by atoms with van der Waals surface area (Å²) in [5, 5.41) is 1.78. The Labute approximate surface area is 170 Å². The molecule has 2 aromatic rings. The van der Waals surface area contributed by atoms with E-state index in [-0.39, 0.29) is 11.9 Å². The third kappa shape index (κ3) is 4.00. The van der Waals surface area contributed by atoms with Gasteiger partial charge >= 0.3 is 0 Å². The zero-order valence-corrected chi connectivity index (χ0v) is 17.4. The highest BCUT2D eigenvalue weighted by atomic mass is 32.2. The molecule has 2 saturated heterocycles. The molecule has 2 aliphatic heterocycles.